The van der Waals surface area contributed by atoms with Crippen molar-refractivity contribution in [2.75, 3.05) is 12.0 Å². The van der Waals surface area contributed by atoms with Crippen molar-refractivity contribution >= 4 is 51.0 Å². The molecule has 5 nitrogen and oxygen atoms in total. The minimum absolute atomic E-state index is 0.203. The fourth-order valence-electron chi connectivity index (χ4n) is 5.36. The topological polar surface area (TPSA) is 70.4 Å². The van der Waals surface area contributed by atoms with Gasteiger partial charge in [-0.2, -0.15) is 5.26 Å². The zero-order valence-corrected chi connectivity index (χ0v) is 21.0. The van der Waals surface area contributed by atoms with Gasteiger partial charge in [-0.3, -0.25) is 9.59 Å². The Labute approximate surface area is 216 Å². The second kappa shape index (κ2) is 8.99. The number of ketones is 1. The molecular weight excluding hydrogens is 528 g/mol. The molecule has 3 aromatic rings. The van der Waals surface area contributed by atoms with Crippen LogP contribution in [0.25, 0.3) is 6.08 Å². The van der Waals surface area contributed by atoms with Gasteiger partial charge < -0.3 is 9.64 Å². The largest absolute Gasteiger partial charge is 0.468 e. The highest BCUT2D eigenvalue weighted by Gasteiger charge is 2.67. The highest BCUT2D eigenvalue weighted by Crippen LogP contribution is 2.56. The number of nitriles is 1. The molecule has 2 aliphatic heterocycles. The predicted octanol–water partition coefficient (Wildman–Crippen LogP) is 6.04. The first-order valence-electron chi connectivity index (χ1n) is 11.0. The average Bonchev–Trinajstić information content (AvgIpc) is 3.20. The number of rotatable bonds is 4. The molecule has 0 N–H and O–H groups in total. The van der Waals surface area contributed by atoms with E-state index in [1.807, 2.05) is 65.6 Å². The minimum Gasteiger partial charge on any atom is -0.468 e. The number of carbonyl (C=O) groups excluding carboxylic acids is 2. The first-order valence-corrected chi connectivity index (χ1v) is 12.2. The number of ether oxygens (including phenoxy) is 1. The van der Waals surface area contributed by atoms with Crippen LogP contribution in [0.15, 0.2) is 83.3 Å². The lowest BCUT2D eigenvalue weighted by Gasteiger charge is -2.36. The van der Waals surface area contributed by atoms with Gasteiger partial charge in [0.2, 0.25) is 0 Å². The van der Waals surface area contributed by atoms with Gasteiger partial charge in [0, 0.05) is 26.7 Å². The lowest BCUT2D eigenvalue weighted by molar-refractivity contribution is -0.150. The van der Waals surface area contributed by atoms with Crippen molar-refractivity contribution < 1.29 is 14.3 Å². The Morgan fingerprint density at radius 3 is 2.40 bits per heavy atom. The molecule has 0 radical (unpaired) electrons. The third-order valence-corrected chi connectivity index (χ3v) is 7.66. The minimum atomic E-state index is -1.65. The van der Waals surface area contributed by atoms with Crippen LogP contribution in [0, 0.1) is 16.7 Å². The highest BCUT2D eigenvalue weighted by atomic mass is 79.9. The Balaban J connectivity index is 1.81. The van der Waals surface area contributed by atoms with E-state index >= 15 is 0 Å². The van der Waals surface area contributed by atoms with Crippen LogP contribution in [0.2, 0.25) is 5.02 Å². The fraction of sp³-hybridized carbons (Fsp3) is 0.179. The number of fused-ring (bicyclic) bond motifs is 3. The Hall–Kier alpha value is -3.40. The maximum atomic E-state index is 14.2. The van der Waals surface area contributed by atoms with Crippen molar-refractivity contribution in [1.29, 1.82) is 5.26 Å². The van der Waals surface area contributed by atoms with Gasteiger partial charge >= 0.3 is 5.97 Å². The van der Waals surface area contributed by atoms with Gasteiger partial charge in [-0.15, -0.1) is 0 Å². The quantitative estimate of drug-likeness (QED) is 0.294. The number of Topliss-reactive ketones (excluding diaryl/α,β-unsaturated/α-hetero) is 1. The van der Waals surface area contributed by atoms with Gasteiger partial charge in [0.15, 0.2) is 11.2 Å². The van der Waals surface area contributed by atoms with Gasteiger partial charge in [0.25, 0.3) is 0 Å². The van der Waals surface area contributed by atoms with Crippen LogP contribution in [0.4, 0.5) is 5.69 Å². The second-order valence-electron chi connectivity index (χ2n) is 8.59. The Bertz CT molecular complexity index is 1380. The SMILES string of the molecule is COC(=O)[C@]1(C#N)C2C=Cc3ccccc3N2[C@@H](C(=O)c2ccc(Cl)cc2)[C@@H]1c1ccc(Br)cc1. The summed E-state index contributed by atoms with van der Waals surface area (Å²) in [5.74, 6) is -1.67. The number of hydrogen-bond donors (Lipinski definition) is 0. The van der Waals surface area contributed by atoms with Crippen molar-refractivity contribution in [3.05, 3.63) is 105 Å². The van der Waals surface area contributed by atoms with E-state index in [0.717, 1.165) is 15.7 Å². The van der Waals surface area contributed by atoms with Crippen LogP contribution < -0.4 is 4.90 Å². The molecule has 35 heavy (non-hydrogen) atoms. The van der Waals surface area contributed by atoms with E-state index in [0.29, 0.717) is 16.1 Å². The molecule has 2 aliphatic rings. The molecule has 0 spiro atoms. The van der Waals surface area contributed by atoms with E-state index in [9.17, 15) is 14.9 Å². The second-order valence-corrected chi connectivity index (χ2v) is 9.94. The molecular formula is C28H20BrClN2O3. The van der Waals surface area contributed by atoms with Gasteiger partial charge in [-0.05, 0) is 53.6 Å². The molecule has 0 aliphatic carbocycles. The zero-order chi connectivity index (χ0) is 24.7. The molecule has 7 heteroatoms. The molecule has 3 aromatic carbocycles. The van der Waals surface area contributed by atoms with Crippen molar-refractivity contribution in [2.45, 2.75) is 18.0 Å². The third-order valence-electron chi connectivity index (χ3n) is 6.88. The highest BCUT2D eigenvalue weighted by molar-refractivity contribution is 9.10. The molecule has 0 amide bonds. The molecule has 1 fully saturated rings. The summed E-state index contributed by atoms with van der Waals surface area (Å²) in [6.07, 6.45) is 3.74. The first kappa shape index (κ1) is 23.3. The van der Waals surface area contributed by atoms with Gasteiger partial charge in [-0.25, -0.2) is 0 Å². The maximum Gasteiger partial charge on any atom is 0.329 e. The number of benzene rings is 3. The van der Waals surface area contributed by atoms with E-state index in [1.165, 1.54) is 7.11 Å². The van der Waals surface area contributed by atoms with Crippen molar-refractivity contribution in [2.24, 2.45) is 5.41 Å². The first-order chi connectivity index (χ1) is 16.9. The lowest BCUT2D eigenvalue weighted by Crippen LogP contribution is -2.46. The van der Waals surface area contributed by atoms with Crippen LogP contribution >= 0.6 is 27.5 Å². The number of methoxy groups -OCH3 is 1. The van der Waals surface area contributed by atoms with Crippen LogP contribution in [0.5, 0.6) is 0 Å². The standard InChI is InChI=1S/C28H20BrClN2O3/c1-35-27(34)28(16-31)23-15-10-17-4-2-3-5-22(17)32(23)25(24(28)18-6-11-20(29)12-7-18)26(33)19-8-13-21(30)14-9-19/h2-15,23-25H,1H3/t23?,24-,25+,28+/m0/s1. The summed E-state index contributed by atoms with van der Waals surface area (Å²) >= 11 is 9.54. The molecule has 4 atom stereocenters. The summed E-state index contributed by atoms with van der Waals surface area (Å²) in [5, 5.41) is 11.2. The summed E-state index contributed by atoms with van der Waals surface area (Å²) in [6, 6.07) is 22.5. The summed E-state index contributed by atoms with van der Waals surface area (Å²) in [6.45, 7) is 0. The van der Waals surface area contributed by atoms with Crippen LogP contribution in [-0.4, -0.2) is 30.9 Å². The Morgan fingerprint density at radius 1 is 1.06 bits per heavy atom. The van der Waals surface area contributed by atoms with Crippen molar-refractivity contribution in [3.8, 4) is 6.07 Å². The van der Waals surface area contributed by atoms with Crippen molar-refractivity contribution in [1.82, 2.24) is 0 Å². The van der Waals surface area contributed by atoms with E-state index in [2.05, 4.69) is 22.0 Å². The molecule has 0 bridgehead atoms. The lowest BCUT2D eigenvalue weighted by atomic mass is 9.68. The number of carbonyl (C=O) groups is 2. The fourth-order valence-corrected chi connectivity index (χ4v) is 5.75. The monoisotopic (exact) mass is 546 g/mol. The zero-order valence-electron chi connectivity index (χ0n) is 18.7. The van der Waals surface area contributed by atoms with Gasteiger partial charge in [-0.1, -0.05) is 70.0 Å². The Kier molecular flexibility index (Phi) is 6.00. The molecule has 0 aromatic heterocycles. The summed E-state index contributed by atoms with van der Waals surface area (Å²) < 4.78 is 6.08. The Morgan fingerprint density at radius 2 is 1.74 bits per heavy atom. The number of halogens is 2. The molecule has 1 unspecified atom stereocenters. The summed E-state index contributed by atoms with van der Waals surface area (Å²) in [4.78, 5) is 29.6. The van der Waals surface area contributed by atoms with E-state index in [4.69, 9.17) is 16.3 Å². The van der Waals surface area contributed by atoms with Crippen LogP contribution in [0.1, 0.15) is 27.4 Å². The van der Waals surface area contributed by atoms with Crippen LogP contribution in [0.3, 0.4) is 0 Å². The van der Waals surface area contributed by atoms with E-state index in [1.54, 1.807) is 24.3 Å². The molecule has 5 rings (SSSR count). The maximum absolute atomic E-state index is 14.2. The number of para-hydroxylation sites is 1. The normalized spacial score (nSPS) is 24.3. The number of esters is 1. The van der Waals surface area contributed by atoms with Gasteiger partial charge in [0.1, 0.15) is 6.04 Å². The third kappa shape index (κ3) is 3.58. The smallest absolute Gasteiger partial charge is 0.329 e. The number of anilines is 1. The summed E-state index contributed by atoms with van der Waals surface area (Å²) in [7, 11) is 1.28. The molecule has 0 saturated carbocycles. The summed E-state index contributed by atoms with van der Waals surface area (Å²) in [5.41, 5.74) is 1.19. The van der Waals surface area contributed by atoms with E-state index in [-0.39, 0.29) is 5.78 Å². The average molecular weight is 548 g/mol. The number of hydrogen-bond acceptors (Lipinski definition) is 5. The van der Waals surface area contributed by atoms with Crippen molar-refractivity contribution in [3.63, 3.8) is 0 Å². The van der Waals surface area contributed by atoms with Gasteiger partial charge in [0.05, 0.1) is 19.2 Å². The van der Waals surface area contributed by atoms with Crippen LogP contribution in [-0.2, 0) is 9.53 Å². The number of nitrogens with zero attached hydrogens (tertiary/aromatic N) is 2. The molecule has 2 heterocycles. The van der Waals surface area contributed by atoms with E-state index < -0.39 is 29.4 Å². The molecule has 174 valence electrons. The molecule has 1 saturated heterocycles. The predicted molar refractivity (Wildman–Crippen MR) is 138 cm³/mol.